The van der Waals surface area contributed by atoms with E-state index in [-0.39, 0.29) is 11.7 Å². The molecule has 0 unspecified atom stereocenters. The van der Waals surface area contributed by atoms with E-state index >= 15 is 0 Å². The third-order valence-corrected chi connectivity index (χ3v) is 2.73. The number of aromatic hydroxyl groups is 1. The van der Waals surface area contributed by atoms with Crippen molar-refractivity contribution in [3.63, 3.8) is 0 Å². The van der Waals surface area contributed by atoms with Crippen LogP contribution in [0.1, 0.15) is 22.3 Å². The monoisotopic (exact) mass is 217 g/mol. The topological polar surface area (TPSA) is 40.5 Å². The number of hydrogen-bond donors (Lipinski definition) is 1. The summed E-state index contributed by atoms with van der Waals surface area (Å²) >= 11 is 0. The standard InChI is InChI=1S/C13H15NO2/c1-10-5-6-11(12(15)9-10)13(16)14-7-3-2-4-8-14/h2-3,5-6,9,15H,4,7-8H2,1H3. The quantitative estimate of drug-likeness (QED) is 0.732. The normalized spacial score (nSPS) is 15.2. The molecular weight excluding hydrogens is 202 g/mol. The maximum atomic E-state index is 12.1. The zero-order valence-electron chi connectivity index (χ0n) is 9.31. The lowest BCUT2D eigenvalue weighted by atomic mass is 10.1. The molecule has 1 aliphatic rings. The number of benzene rings is 1. The minimum absolute atomic E-state index is 0.0690. The lowest BCUT2D eigenvalue weighted by Crippen LogP contribution is -2.33. The average molecular weight is 217 g/mol. The molecule has 1 aromatic rings. The number of hydrogen-bond acceptors (Lipinski definition) is 2. The van der Waals surface area contributed by atoms with Crippen LogP contribution in [0.5, 0.6) is 5.75 Å². The van der Waals surface area contributed by atoms with Crippen molar-refractivity contribution >= 4 is 5.91 Å². The number of phenols is 1. The van der Waals surface area contributed by atoms with E-state index in [0.717, 1.165) is 18.5 Å². The Bertz CT molecular complexity index is 438. The van der Waals surface area contributed by atoms with E-state index in [0.29, 0.717) is 12.1 Å². The predicted molar refractivity (Wildman–Crippen MR) is 62.5 cm³/mol. The number of phenolic OH excluding ortho intramolecular Hbond substituents is 1. The fourth-order valence-electron chi connectivity index (χ4n) is 1.82. The van der Waals surface area contributed by atoms with Gasteiger partial charge in [0.25, 0.3) is 5.91 Å². The number of amides is 1. The Kier molecular flexibility index (Phi) is 2.95. The molecule has 3 heteroatoms. The van der Waals surface area contributed by atoms with E-state index in [1.54, 1.807) is 17.0 Å². The van der Waals surface area contributed by atoms with Crippen molar-refractivity contribution in [2.75, 3.05) is 13.1 Å². The number of rotatable bonds is 1. The van der Waals surface area contributed by atoms with Gasteiger partial charge in [0.2, 0.25) is 0 Å². The van der Waals surface area contributed by atoms with Gasteiger partial charge in [0, 0.05) is 13.1 Å². The van der Waals surface area contributed by atoms with E-state index in [2.05, 4.69) is 6.08 Å². The summed E-state index contributed by atoms with van der Waals surface area (Å²) in [4.78, 5) is 13.8. The minimum Gasteiger partial charge on any atom is -0.507 e. The smallest absolute Gasteiger partial charge is 0.257 e. The van der Waals surface area contributed by atoms with Crippen LogP contribution in [0.4, 0.5) is 0 Å². The Morgan fingerprint density at radius 3 is 2.81 bits per heavy atom. The van der Waals surface area contributed by atoms with Crippen LogP contribution in [0.2, 0.25) is 0 Å². The van der Waals surface area contributed by atoms with Gasteiger partial charge < -0.3 is 10.0 Å². The number of carbonyl (C=O) groups is 1. The van der Waals surface area contributed by atoms with E-state index in [1.807, 2.05) is 19.1 Å². The molecule has 0 fully saturated rings. The van der Waals surface area contributed by atoms with Crippen LogP contribution in [0.15, 0.2) is 30.4 Å². The third-order valence-electron chi connectivity index (χ3n) is 2.73. The Balaban J connectivity index is 2.23. The van der Waals surface area contributed by atoms with Gasteiger partial charge in [-0.05, 0) is 31.0 Å². The molecule has 84 valence electrons. The van der Waals surface area contributed by atoms with Gasteiger partial charge in [-0.1, -0.05) is 18.2 Å². The molecule has 2 rings (SSSR count). The first-order valence-electron chi connectivity index (χ1n) is 5.42. The molecule has 0 radical (unpaired) electrons. The van der Waals surface area contributed by atoms with Gasteiger partial charge >= 0.3 is 0 Å². The van der Waals surface area contributed by atoms with Crippen molar-refractivity contribution in [3.05, 3.63) is 41.5 Å². The highest BCUT2D eigenvalue weighted by atomic mass is 16.3. The van der Waals surface area contributed by atoms with Crippen molar-refractivity contribution in [1.29, 1.82) is 0 Å². The molecular formula is C13H15NO2. The molecule has 0 atom stereocenters. The minimum atomic E-state index is -0.0955. The highest BCUT2D eigenvalue weighted by Crippen LogP contribution is 2.20. The second-order valence-electron chi connectivity index (χ2n) is 4.03. The largest absolute Gasteiger partial charge is 0.507 e. The number of nitrogens with zero attached hydrogens (tertiary/aromatic N) is 1. The van der Waals surface area contributed by atoms with Gasteiger partial charge in [-0.2, -0.15) is 0 Å². The summed E-state index contributed by atoms with van der Waals surface area (Å²) in [6.07, 6.45) is 4.93. The SMILES string of the molecule is Cc1ccc(C(=O)N2CC=CCC2)c(O)c1. The zero-order valence-corrected chi connectivity index (χ0v) is 9.31. The lowest BCUT2D eigenvalue weighted by Gasteiger charge is -2.23. The summed E-state index contributed by atoms with van der Waals surface area (Å²) in [6.45, 7) is 3.24. The summed E-state index contributed by atoms with van der Waals surface area (Å²) in [5, 5.41) is 9.73. The van der Waals surface area contributed by atoms with Crippen LogP contribution in [0.25, 0.3) is 0 Å². The third kappa shape index (κ3) is 2.08. The van der Waals surface area contributed by atoms with Crippen LogP contribution in [-0.2, 0) is 0 Å². The van der Waals surface area contributed by atoms with Crippen molar-refractivity contribution < 1.29 is 9.90 Å². The van der Waals surface area contributed by atoms with Crippen LogP contribution in [-0.4, -0.2) is 29.0 Å². The van der Waals surface area contributed by atoms with Gasteiger partial charge in [-0.25, -0.2) is 0 Å². The molecule has 3 nitrogen and oxygen atoms in total. The molecule has 1 amide bonds. The fraction of sp³-hybridized carbons (Fsp3) is 0.308. The Hall–Kier alpha value is -1.77. The summed E-state index contributed by atoms with van der Waals surface area (Å²) in [5.41, 5.74) is 1.34. The van der Waals surface area contributed by atoms with Gasteiger partial charge in [-0.15, -0.1) is 0 Å². The summed E-state index contributed by atoms with van der Waals surface area (Å²) in [6, 6.07) is 5.14. The van der Waals surface area contributed by atoms with Crippen molar-refractivity contribution in [2.24, 2.45) is 0 Å². The Morgan fingerprint density at radius 1 is 1.38 bits per heavy atom. The molecule has 1 aliphatic heterocycles. The molecule has 0 saturated heterocycles. The molecule has 1 aromatic carbocycles. The first-order chi connectivity index (χ1) is 7.68. The average Bonchev–Trinajstić information content (AvgIpc) is 2.29. The molecule has 0 bridgehead atoms. The summed E-state index contributed by atoms with van der Waals surface area (Å²) < 4.78 is 0. The summed E-state index contributed by atoms with van der Waals surface area (Å²) in [5.74, 6) is -0.0265. The Morgan fingerprint density at radius 2 is 2.19 bits per heavy atom. The highest BCUT2D eigenvalue weighted by molar-refractivity contribution is 5.97. The molecule has 0 aromatic heterocycles. The van der Waals surface area contributed by atoms with E-state index in [1.165, 1.54) is 0 Å². The van der Waals surface area contributed by atoms with Crippen molar-refractivity contribution in [2.45, 2.75) is 13.3 Å². The van der Waals surface area contributed by atoms with E-state index < -0.39 is 0 Å². The van der Waals surface area contributed by atoms with Crippen LogP contribution < -0.4 is 0 Å². The molecule has 0 spiro atoms. The second-order valence-corrected chi connectivity index (χ2v) is 4.03. The number of aryl methyl sites for hydroxylation is 1. The van der Waals surface area contributed by atoms with Crippen LogP contribution >= 0.6 is 0 Å². The molecule has 16 heavy (non-hydrogen) atoms. The fourth-order valence-corrected chi connectivity index (χ4v) is 1.82. The highest BCUT2D eigenvalue weighted by Gasteiger charge is 2.18. The first kappa shape index (κ1) is 10.7. The number of carbonyl (C=O) groups excluding carboxylic acids is 1. The Labute approximate surface area is 95.0 Å². The van der Waals surface area contributed by atoms with E-state index in [4.69, 9.17) is 0 Å². The maximum absolute atomic E-state index is 12.1. The van der Waals surface area contributed by atoms with Gasteiger partial charge in [-0.3, -0.25) is 4.79 Å². The molecule has 1 N–H and O–H groups in total. The van der Waals surface area contributed by atoms with Gasteiger partial charge in [0.15, 0.2) is 0 Å². The van der Waals surface area contributed by atoms with Crippen molar-refractivity contribution in [1.82, 2.24) is 4.90 Å². The van der Waals surface area contributed by atoms with Gasteiger partial charge in [0.1, 0.15) is 5.75 Å². The molecule has 0 saturated carbocycles. The molecule has 0 aliphatic carbocycles. The van der Waals surface area contributed by atoms with Gasteiger partial charge in [0.05, 0.1) is 5.56 Å². The molecule has 1 heterocycles. The summed E-state index contributed by atoms with van der Waals surface area (Å²) in [7, 11) is 0. The van der Waals surface area contributed by atoms with Crippen LogP contribution in [0, 0.1) is 6.92 Å². The van der Waals surface area contributed by atoms with Crippen LogP contribution in [0.3, 0.4) is 0 Å². The van der Waals surface area contributed by atoms with E-state index in [9.17, 15) is 9.90 Å². The predicted octanol–water partition coefficient (Wildman–Crippen LogP) is 2.10. The second kappa shape index (κ2) is 4.39. The maximum Gasteiger partial charge on any atom is 0.257 e. The first-order valence-corrected chi connectivity index (χ1v) is 5.42. The van der Waals surface area contributed by atoms with Crippen molar-refractivity contribution in [3.8, 4) is 5.75 Å². The lowest BCUT2D eigenvalue weighted by molar-refractivity contribution is 0.0768. The zero-order chi connectivity index (χ0) is 11.5.